The Morgan fingerprint density at radius 1 is 1.12 bits per heavy atom. The van der Waals surface area contributed by atoms with Crippen molar-refractivity contribution in [1.29, 1.82) is 0 Å². The van der Waals surface area contributed by atoms with Gasteiger partial charge in [-0.1, -0.05) is 48.0 Å². The second kappa shape index (κ2) is 5.21. The molecule has 0 unspecified atom stereocenters. The van der Waals surface area contributed by atoms with Gasteiger partial charge < -0.3 is 5.32 Å². The molecule has 1 atom stereocenters. The monoisotopic (exact) mass is 387 g/mol. The maximum Gasteiger partial charge on any atom is 0.270 e. The molecule has 0 amide bonds. The van der Waals surface area contributed by atoms with Crippen LogP contribution in [0.15, 0.2) is 44.8 Å². The van der Waals surface area contributed by atoms with E-state index < -0.39 is 0 Å². The number of aromatic nitrogens is 2. The first-order valence-corrected chi connectivity index (χ1v) is 8.75. The number of Topliss-reactive ketones (excluding diaryl/α,β-unsaturated/α-hetero) is 1. The summed E-state index contributed by atoms with van der Waals surface area (Å²) in [6.45, 7) is 4.19. The van der Waals surface area contributed by atoms with Crippen molar-refractivity contribution in [2.24, 2.45) is 5.41 Å². The van der Waals surface area contributed by atoms with Gasteiger partial charge in [-0.15, -0.1) is 0 Å². The van der Waals surface area contributed by atoms with Crippen LogP contribution in [0.25, 0.3) is 0 Å². The Kier molecular flexibility index (Phi) is 3.35. The van der Waals surface area contributed by atoms with E-state index in [0.717, 1.165) is 27.7 Å². The maximum absolute atomic E-state index is 12.9. The lowest BCUT2D eigenvalue weighted by molar-refractivity contribution is -0.118. The third-order valence-electron chi connectivity index (χ3n) is 4.80. The third-order valence-corrected chi connectivity index (χ3v) is 5.53. The summed E-state index contributed by atoms with van der Waals surface area (Å²) in [6, 6.07) is 7.77. The fraction of sp³-hybridized carbons (Fsp3) is 0.333. The number of carbonyl (C=O) groups excluding carboxylic acids is 1. The summed E-state index contributed by atoms with van der Waals surface area (Å²) in [5.74, 6) is 0.413. The Morgan fingerprint density at radius 3 is 2.62 bits per heavy atom. The van der Waals surface area contributed by atoms with Crippen molar-refractivity contribution in [3.05, 3.63) is 61.5 Å². The van der Waals surface area contributed by atoms with Crippen LogP contribution in [0.2, 0.25) is 0 Å². The summed E-state index contributed by atoms with van der Waals surface area (Å²) < 4.78 is 0.896. The predicted octanol–water partition coefficient (Wildman–Crippen LogP) is 3.67. The van der Waals surface area contributed by atoms with Crippen molar-refractivity contribution >= 4 is 27.5 Å². The first-order chi connectivity index (χ1) is 11.4. The van der Waals surface area contributed by atoms with Crippen LogP contribution < -0.4 is 10.9 Å². The van der Waals surface area contributed by atoms with Crippen LogP contribution in [-0.2, 0) is 4.79 Å². The van der Waals surface area contributed by atoms with E-state index in [2.05, 4.69) is 45.3 Å². The molecule has 5 nitrogen and oxygen atoms in total. The number of aromatic amines is 2. The number of ketones is 1. The van der Waals surface area contributed by atoms with Gasteiger partial charge in [0.25, 0.3) is 5.56 Å². The number of rotatable bonds is 1. The summed E-state index contributed by atoms with van der Waals surface area (Å²) >= 11 is 3.58. The van der Waals surface area contributed by atoms with E-state index in [0.29, 0.717) is 17.8 Å². The van der Waals surface area contributed by atoms with Gasteiger partial charge in [0.1, 0.15) is 5.82 Å². The van der Waals surface area contributed by atoms with Crippen LogP contribution in [0.1, 0.15) is 43.7 Å². The molecule has 1 aliphatic heterocycles. The Labute approximate surface area is 147 Å². The first-order valence-electron chi connectivity index (χ1n) is 7.95. The molecule has 2 aromatic rings. The Bertz CT molecular complexity index is 936. The average molecular weight is 388 g/mol. The molecule has 3 N–H and O–H groups in total. The van der Waals surface area contributed by atoms with Gasteiger partial charge >= 0.3 is 0 Å². The number of H-pyrrole nitrogens is 2. The highest BCUT2D eigenvalue weighted by atomic mass is 79.9. The van der Waals surface area contributed by atoms with Gasteiger partial charge in [-0.25, -0.2) is 0 Å². The lowest BCUT2D eigenvalue weighted by Gasteiger charge is -2.38. The van der Waals surface area contributed by atoms with E-state index >= 15 is 0 Å². The number of carbonyl (C=O) groups is 1. The number of halogens is 1. The fourth-order valence-corrected chi connectivity index (χ4v) is 4.35. The molecule has 0 spiro atoms. The molecule has 0 fully saturated rings. The zero-order valence-electron chi connectivity index (χ0n) is 13.5. The van der Waals surface area contributed by atoms with E-state index in [1.165, 1.54) is 0 Å². The lowest BCUT2D eigenvalue weighted by atomic mass is 9.69. The lowest BCUT2D eigenvalue weighted by Crippen LogP contribution is -2.35. The number of benzene rings is 1. The Balaban J connectivity index is 1.99. The molecule has 0 saturated carbocycles. The van der Waals surface area contributed by atoms with Crippen molar-refractivity contribution in [2.45, 2.75) is 32.6 Å². The average Bonchev–Trinajstić information content (AvgIpc) is 2.86. The Hall–Kier alpha value is -2.08. The molecule has 1 aromatic heterocycles. The van der Waals surface area contributed by atoms with Gasteiger partial charge in [0, 0.05) is 28.1 Å². The Morgan fingerprint density at radius 2 is 1.88 bits per heavy atom. The summed E-state index contributed by atoms with van der Waals surface area (Å²) in [5.41, 5.74) is 2.87. The van der Waals surface area contributed by atoms with Crippen molar-refractivity contribution in [3.63, 3.8) is 0 Å². The number of allylic oxidation sites excluding steroid dienone is 2. The van der Waals surface area contributed by atoms with Gasteiger partial charge in [0.05, 0.1) is 5.56 Å². The number of fused-ring (bicyclic) bond motifs is 1. The van der Waals surface area contributed by atoms with Crippen LogP contribution in [0.4, 0.5) is 5.82 Å². The van der Waals surface area contributed by atoms with Gasteiger partial charge in [-0.05, 0) is 23.5 Å². The van der Waals surface area contributed by atoms with Gasteiger partial charge in [0.2, 0.25) is 0 Å². The van der Waals surface area contributed by atoms with E-state index in [4.69, 9.17) is 0 Å². The third kappa shape index (κ3) is 2.28. The molecular weight excluding hydrogens is 370 g/mol. The van der Waals surface area contributed by atoms with Gasteiger partial charge in [-0.2, -0.15) is 0 Å². The maximum atomic E-state index is 12.9. The topological polar surface area (TPSA) is 77.8 Å². The summed E-state index contributed by atoms with van der Waals surface area (Å²) in [6.07, 6.45) is 1.27. The van der Waals surface area contributed by atoms with Crippen LogP contribution in [0.3, 0.4) is 0 Å². The van der Waals surface area contributed by atoms with Crippen LogP contribution in [0, 0.1) is 5.41 Å². The number of hydrogen-bond donors (Lipinski definition) is 3. The first kappa shape index (κ1) is 15.4. The minimum atomic E-state index is -0.356. The molecule has 0 saturated heterocycles. The molecule has 0 radical (unpaired) electrons. The smallest absolute Gasteiger partial charge is 0.270 e. The zero-order valence-corrected chi connectivity index (χ0v) is 15.1. The number of hydrogen-bond acceptors (Lipinski definition) is 3. The summed E-state index contributed by atoms with van der Waals surface area (Å²) in [4.78, 5) is 25.3. The second-order valence-electron chi connectivity index (χ2n) is 7.28. The molecule has 1 aliphatic carbocycles. The summed E-state index contributed by atoms with van der Waals surface area (Å²) in [7, 11) is 0. The highest BCUT2D eigenvalue weighted by molar-refractivity contribution is 9.10. The SMILES string of the molecule is CC1(C)CC(=O)C2=C(C1)Nc1[nH][nH]c(=O)c1[C@@H]2c1ccccc1Br. The highest BCUT2D eigenvalue weighted by Gasteiger charge is 2.42. The van der Waals surface area contributed by atoms with E-state index in [1.807, 2.05) is 24.3 Å². The fourth-order valence-electron chi connectivity index (χ4n) is 3.84. The molecule has 1 aromatic carbocycles. The van der Waals surface area contributed by atoms with Gasteiger partial charge in [0.15, 0.2) is 5.78 Å². The molecule has 2 aliphatic rings. The molecule has 6 heteroatoms. The highest BCUT2D eigenvalue weighted by Crippen LogP contribution is 2.48. The summed E-state index contributed by atoms with van der Waals surface area (Å²) in [5, 5.41) is 8.84. The van der Waals surface area contributed by atoms with Crippen LogP contribution >= 0.6 is 15.9 Å². The molecular formula is C18H18BrN3O2. The molecule has 24 heavy (non-hydrogen) atoms. The predicted molar refractivity (Wildman–Crippen MR) is 96.1 cm³/mol. The molecule has 2 heterocycles. The molecule has 0 bridgehead atoms. The van der Waals surface area contributed by atoms with Crippen molar-refractivity contribution < 1.29 is 4.79 Å². The minimum absolute atomic E-state index is 0.0878. The quantitative estimate of drug-likeness (QED) is 0.698. The molecule has 4 rings (SSSR count). The molecule has 124 valence electrons. The van der Waals surface area contributed by atoms with Crippen molar-refractivity contribution in [3.8, 4) is 0 Å². The second-order valence-corrected chi connectivity index (χ2v) is 8.13. The van der Waals surface area contributed by atoms with E-state index in [9.17, 15) is 9.59 Å². The number of anilines is 1. The van der Waals surface area contributed by atoms with E-state index in [-0.39, 0.29) is 22.7 Å². The largest absolute Gasteiger partial charge is 0.343 e. The van der Waals surface area contributed by atoms with Crippen molar-refractivity contribution in [2.75, 3.05) is 5.32 Å². The normalized spacial score (nSPS) is 22.0. The minimum Gasteiger partial charge on any atom is -0.343 e. The van der Waals surface area contributed by atoms with Gasteiger partial charge in [-0.3, -0.25) is 19.8 Å². The van der Waals surface area contributed by atoms with Crippen molar-refractivity contribution in [1.82, 2.24) is 10.2 Å². The standard InChI is InChI=1S/C18H18BrN3O2/c1-18(2)7-11-14(12(23)8-18)13(9-5-3-4-6-10(9)19)15-16(20-11)21-22-17(15)24/h3-6,13H,7-8H2,1-2H3,(H3,20,21,22,24)/t13-/m1/s1. The van der Waals surface area contributed by atoms with Crippen LogP contribution in [0.5, 0.6) is 0 Å². The number of nitrogens with one attached hydrogen (secondary N) is 3. The van der Waals surface area contributed by atoms with Crippen LogP contribution in [-0.4, -0.2) is 16.0 Å². The zero-order chi connectivity index (χ0) is 17.1. The van der Waals surface area contributed by atoms with E-state index in [1.54, 1.807) is 0 Å².